The molecule has 1 aromatic carbocycles. The van der Waals surface area contributed by atoms with Crippen LogP contribution in [0.2, 0.25) is 0 Å². The van der Waals surface area contributed by atoms with Crippen molar-refractivity contribution in [3.8, 4) is 0 Å². The highest BCUT2D eigenvalue weighted by atomic mass is 32.2. The van der Waals surface area contributed by atoms with Gasteiger partial charge in [-0.3, -0.25) is 14.9 Å². The second-order valence-electron chi connectivity index (χ2n) is 4.22. The molecule has 1 aromatic rings. The maximum Gasteiger partial charge on any atom is 0.269 e. The Morgan fingerprint density at radius 3 is 2.50 bits per heavy atom. The molecule has 1 aliphatic heterocycles. The molecule has 0 bridgehead atoms. The van der Waals surface area contributed by atoms with Crippen LogP contribution in [0.4, 0.5) is 5.69 Å². The third-order valence-corrected chi connectivity index (χ3v) is 5.37. The molecule has 1 N–H and O–H groups in total. The number of hydrogen-bond acceptors (Lipinski definition) is 6. The summed E-state index contributed by atoms with van der Waals surface area (Å²) in [5.74, 6) is 0.980. The number of sulfonamides is 1. The van der Waals surface area contributed by atoms with E-state index < -0.39 is 21.0 Å². The minimum Gasteiger partial charge on any atom is -0.298 e. The van der Waals surface area contributed by atoms with Crippen LogP contribution in [-0.2, 0) is 14.8 Å². The lowest BCUT2D eigenvalue weighted by Gasteiger charge is -2.21. The first kappa shape index (κ1) is 14.9. The lowest BCUT2D eigenvalue weighted by molar-refractivity contribution is -0.384. The predicted molar refractivity (Wildman–Crippen MR) is 74.2 cm³/mol. The first-order chi connectivity index (χ1) is 9.40. The number of hydrogen-bond donors (Lipinski definition) is 1. The van der Waals surface area contributed by atoms with E-state index in [1.807, 2.05) is 0 Å². The molecule has 1 unspecified atom stereocenters. The molecule has 20 heavy (non-hydrogen) atoms. The Bertz CT molecular complexity index is 627. The number of nitro benzene ring substituents is 1. The van der Waals surface area contributed by atoms with E-state index in [1.165, 1.54) is 11.8 Å². The minimum atomic E-state index is -3.84. The summed E-state index contributed by atoms with van der Waals surface area (Å²) < 4.78 is 26.5. The highest BCUT2D eigenvalue weighted by Gasteiger charge is 2.28. The normalized spacial score (nSPS) is 19.8. The molecule has 7 nitrogen and oxygen atoms in total. The number of nitrogens with zero attached hydrogens (tertiary/aromatic N) is 1. The van der Waals surface area contributed by atoms with Gasteiger partial charge in [-0.15, -0.1) is 0 Å². The standard InChI is InChI=1S/C11H12N2O5S2/c14-11-5-6-19-7-10(11)12-20(17,18)9-3-1-8(2-4-9)13(15)16/h1-4,10,12H,5-7H2. The lowest BCUT2D eigenvalue weighted by atomic mass is 10.2. The summed E-state index contributed by atoms with van der Waals surface area (Å²) in [6, 6.07) is 3.81. The molecule has 108 valence electrons. The maximum absolute atomic E-state index is 12.1. The zero-order valence-electron chi connectivity index (χ0n) is 10.3. The Kier molecular flexibility index (Phi) is 4.41. The van der Waals surface area contributed by atoms with Crippen molar-refractivity contribution in [2.24, 2.45) is 0 Å². The van der Waals surface area contributed by atoms with Crippen LogP contribution < -0.4 is 4.72 Å². The van der Waals surface area contributed by atoms with Crippen molar-refractivity contribution in [3.05, 3.63) is 34.4 Å². The van der Waals surface area contributed by atoms with Crippen LogP contribution in [-0.4, -0.2) is 36.7 Å². The zero-order chi connectivity index (χ0) is 14.8. The molecule has 0 amide bonds. The topological polar surface area (TPSA) is 106 Å². The third kappa shape index (κ3) is 3.35. The molecule has 0 spiro atoms. The van der Waals surface area contributed by atoms with Crippen molar-refractivity contribution in [1.29, 1.82) is 0 Å². The number of carbonyl (C=O) groups excluding carboxylic acids is 1. The van der Waals surface area contributed by atoms with E-state index >= 15 is 0 Å². The molecule has 0 aliphatic carbocycles. The molecule has 1 fully saturated rings. The number of thioether (sulfide) groups is 1. The molecule has 0 saturated carbocycles. The molecule has 0 radical (unpaired) electrons. The average Bonchev–Trinajstić information content (AvgIpc) is 2.41. The molecule has 1 aliphatic rings. The van der Waals surface area contributed by atoms with Crippen molar-refractivity contribution in [2.75, 3.05) is 11.5 Å². The summed E-state index contributed by atoms with van der Waals surface area (Å²) >= 11 is 1.51. The highest BCUT2D eigenvalue weighted by molar-refractivity contribution is 7.99. The largest absolute Gasteiger partial charge is 0.298 e. The zero-order valence-corrected chi connectivity index (χ0v) is 11.9. The Hall–Kier alpha value is -1.45. The van der Waals surface area contributed by atoms with Gasteiger partial charge in [0.2, 0.25) is 10.0 Å². The van der Waals surface area contributed by atoms with Crippen LogP contribution in [0.15, 0.2) is 29.2 Å². The van der Waals surface area contributed by atoms with Crippen LogP contribution >= 0.6 is 11.8 Å². The van der Waals surface area contributed by atoms with Gasteiger partial charge in [-0.2, -0.15) is 16.5 Å². The SMILES string of the molecule is O=C1CCSCC1NS(=O)(=O)c1ccc([N+](=O)[O-])cc1. The molecule has 0 aromatic heterocycles. The van der Waals surface area contributed by atoms with Gasteiger partial charge in [-0.1, -0.05) is 0 Å². The quantitative estimate of drug-likeness (QED) is 0.654. The fraction of sp³-hybridized carbons (Fsp3) is 0.364. The van der Waals surface area contributed by atoms with Crippen molar-refractivity contribution in [3.63, 3.8) is 0 Å². The van der Waals surface area contributed by atoms with Gasteiger partial charge in [0.1, 0.15) is 0 Å². The number of non-ortho nitro benzene ring substituents is 1. The van der Waals surface area contributed by atoms with Crippen LogP contribution in [0.25, 0.3) is 0 Å². The predicted octanol–water partition coefficient (Wildman–Crippen LogP) is 0.948. The average molecular weight is 316 g/mol. The lowest BCUT2D eigenvalue weighted by Crippen LogP contribution is -2.44. The summed E-state index contributed by atoms with van der Waals surface area (Å²) in [5.41, 5.74) is -0.187. The number of rotatable bonds is 4. The number of nitro groups is 1. The Morgan fingerprint density at radius 2 is 1.95 bits per heavy atom. The Balaban J connectivity index is 2.17. The van der Waals surface area contributed by atoms with E-state index in [0.717, 1.165) is 24.3 Å². The summed E-state index contributed by atoms with van der Waals surface area (Å²) in [5, 5.41) is 10.5. The van der Waals surface area contributed by atoms with E-state index in [-0.39, 0.29) is 16.4 Å². The monoisotopic (exact) mass is 316 g/mol. The number of carbonyl (C=O) groups is 1. The molecular formula is C11H12N2O5S2. The molecular weight excluding hydrogens is 304 g/mol. The fourth-order valence-electron chi connectivity index (χ4n) is 1.74. The molecule has 1 heterocycles. The molecule has 9 heteroatoms. The van der Waals surface area contributed by atoms with Gasteiger partial charge >= 0.3 is 0 Å². The van der Waals surface area contributed by atoms with Crippen molar-refractivity contribution in [1.82, 2.24) is 4.72 Å². The summed E-state index contributed by atoms with van der Waals surface area (Å²) in [4.78, 5) is 21.4. The van der Waals surface area contributed by atoms with E-state index in [2.05, 4.69) is 4.72 Å². The highest BCUT2D eigenvalue weighted by Crippen LogP contribution is 2.19. The number of Topliss-reactive ketones (excluding diaryl/α,β-unsaturated/α-hetero) is 1. The van der Waals surface area contributed by atoms with E-state index in [9.17, 15) is 23.3 Å². The fourth-order valence-corrected chi connectivity index (χ4v) is 4.09. The number of benzene rings is 1. The maximum atomic E-state index is 12.1. The van der Waals surface area contributed by atoms with E-state index in [4.69, 9.17) is 0 Å². The van der Waals surface area contributed by atoms with Crippen molar-refractivity contribution in [2.45, 2.75) is 17.4 Å². The van der Waals surface area contributed by atoms with Gasteiger partial charge in [0.05, 0.1) is 15.9 Å². The Morgan fingerprint density at radius 1 is 1.30 bits per heavy atom. The molecule has 2 rings (SSSR count). The first-order valence-electron chi connectivity index (χ1n) is 5.77. The summed E-state index contributed by atoms with van der Waals surface area (Å²) in [7, 11) is -3.84. The summed E-state index contributed by atoms with van der Waals surface area (Å²) in [6.07, 6.45) is 0.345. The van der Waals surface area contributed by atoms with Crippen LogP contribution in [0, 0.1) is 10.1 Å². The molecule has 1 atom stereocenters. The summed E-state index contributed by atoms with van der Waals surface area (Å²) in [6.45, 7) is 0. The van der Waals surface area contributed by atoms with Crippen LogP contribution in [0.1, 0.15) is 6.42 Å². The second kappa shape index (κ2) is 5.90. The Labute approximate surface area is 119 Å². The van der Waals surface area contributed by atoms with Crippen LogP contribution in [0.3, 0.4) is 0 Å². The van der Waals surface area contributed by atoms with Gasteiger partial charge in [0, 0.05) is 30.1 Å². The first-order valence-corrected chi connectivity index (χ1v) is 8.41. The van der Waals surface area contributed by atoms with Gasteiger partial charge in [0.25, 0.3) is 5.69 Å². The molecule has 1 saturated heterocycles. The third-order valence-electron chi connectivity index (χ3n) is 2.82. The van der Waals surface area contributed by atoms with Gasteiger partial charge in [-0.25, -0.2) is 8.42 Å². The van der Waals surface area contributed by atoms with Crippen molar-refractivity contribution < 1.29 is 18.1 Å². The van der Waals surface area contributed by atoms with Gasteiger partial charge in [-0.05, 0) is 12.1 Å². The van der Waals surface area contributed by atoms with Gasteiger partial charge < -0.3 is 0 Å². The minimum absolute atomic E-state index is 0.0912. The van der Waals surface area contributed by atoms with E-state index in [1.54, 1.807) is 0 Å². The number of nitrogens with one attached hydrogen (secondary N) is 1. The number of ketones is 1. The van der Waals surface area contributed by atoms with Gasteiger partial charge in [0.15, 0.2) is 5.78 Å². The van der Waals surface area contributed by atoms with Crippen molar-refractivity contribution >= 4 is 33.3 Å². The second-order valence-corrected chi connectivity index (χ2v) is 7.08. The van der Waals surface area contributed by atoms with Crippen LogP contribution in [0.5, 0.6) is 0 Å². The smallest absolute Gasteiger partial charge is 0.269 e. The van der Waals surface area contributed by atoms with E-state index in [0.29, 0.717) is 17.9 Å².